The van der Waals surface area contributed by atoms with E-state index in [1.54, 1.807) is 0 Å². The summed E-state index contributed by atoms with van der Waals surface area (Å²) in [5, 5.41) is 0. The van der Waals surface area contributed by atoms with Crippen LogP contribution in [0.5, 0.6) is 0 Å². The fraction of sp³-hybridized carbons (Fsp3) is 0.636. The van der Waals surface area contributed by atoms with E-state index in [9.17, 15) is 0 Å². The van der Waals surface area contributed by atoms with E-state index >= 15 is 0 Å². The van der Waals surface area contributed by atoms with Crippen molar-refractivity contribution in [1.82, 2.24) is 0 Å². The maximum atomic E-state index is 3.83. The molecule has 62 valence electrons. The molecule has 0 aliphatic heterocycles. The maximum Gasteiger partial charge on any atom is 0.0202 e. The first kappa shape index (κ1) is 10.6. The molecule has 0 amide bonds. The summed E-state index contributed by atoms with van der Waals surface area (Å²) in [7, 11) is 0. The van der Waals surface area contributed by atoms with Crippen molar-refractivity contribution in [2.24, 2.45) is 5.92 Å². The third-order valence-electron chi connectivity index (χ3n) is 1.62. The van der Waals surface area contributed by atoms with Crippen LogP contribution in [0.3, 0.4) is 0 Å². The lowest BCUT2D eigenvalue weighted by molar-refractivity contribution is 0.558. The minimum atomic E-state index is 0.569. The highest BCUT2D eigenvalue weighted by atomic mass is 14.0. The molecule has 0 aliphatic rings. The van der Waals surface area contributed by atoms with Gasteiger partial charge in [-0.15, -0.1) is 5.92 Å². The molecule has 0 heteroatoms. The van der Waals surface area contributed by atoms with Crippen LogP contribution < -0.4 is 0 Å². The third kappa shape index (κ3) is 5.98. The van der Waals surface area contributed by atoms with Gasteiger partial charge in [0.05, 0.1) is 0 Å². The van der Waals surface area contributed by atoms with Crippen LogP contribution in [0.15, 0.2) is 0 Å². The van der Waals surface area contributed by atoms with Crippen LogP contribution in [0.4, 0.5) is 0 Å². The quantitative estimate of drug-likeness (QED) is 0.540. The molecule has 0 spiro atoms. The molecule has 0 bridgehead atoms. The molecule has 0 N–H and O–H groups in total. The van der Waals surface area contributed by atoms with Crippen molar-refractivity contribution in [3.63, 3.8) is 0 Å². The molecular formula is C11H18. The standard InChI is InChI=1S/C11H18/c1-4-7-10-11(8-5-2)9-6-3/h11H,1-2,4-6,8-9H2,3H3. The Morgan fingerprint density at radius 1 is 1.27 bits per heavy atom. The van der Waals surface area contributed by atoms with Crippen LogP contribution in [-0.2, 0) is 0 Å². The monoisotopic (exact) mass is 150 g/mol. The van der Waals surface area contributed by atoms with E-state index in [0.29, 0.717) is 5.92 Å². The Labute approximate surface area is 71.4 Å². The maximum absolute atomic E-state index is 3.83. The minimum Gasteiger partial charge on any atom is -0.103 e. The molecule has 0 rings (SSSR count). The van der Waals surface area contributed by atoms with Crippen molar-refractivity contribution in [1.29, 1.82) is 0 Å². The molecule has 0 saturated heterocycles. The minimum absolute atomic E-state index is 0.569. The first-order valence-corrected chi connectivity index (χ1v) is 4.42. The Morgan fingerprint density at radius 2 is 2.00 bits per heavy atom. The zero-order valence-electron chi connectivity index (χ0n) is 7.53. The number of hydrogen-bond acceptors (Lipinski definition) is 0. The fourth-order valence-corrected chi connectivity index (χ4v) is 1.10. The Bertz CT molecular complexity index is 119. The van der Waals surface area contributed by atoms with Gasteiger partial charge in [-0.3, -0.25) is 0 Å². The molecule has 0 nitrogen and oxygen atoms in total. The average molecular weight is 150 g/mol. The largest absolute Gasteiger partial charge is 0.103 e. The Kier molecular flexibility index (Phi) is 7.36. The van der Waals surface area contributed by atoms with Gasteiger partial charge in [0.2, 0.25) is 0 Å². The van der Waals surface area contributed by atoms with E-state index in [4.69, 9.17) is 0 Å². The summed E-state index contributed by atoms with van der Waals surface area (Å²) in [6, 6.07) is 0. The lowest BCUT2D eigenvalue weighted by Crippen LogP contribution is -1.95. The molecule has 11 heavy (non-hydrogen) atoms. The van der Waals surface area contributed by atoms with Crippen LogP contribution in [0.2, 0.25) is 0 Å². The van der Waals surface area contributed by atoms with E-state index < -0.39 is 0 Å². The smallest absolute Gasteiger partial charge is 0.0202 e. The van der Waals surface area contributed by atoms with Crippen molar-refractivity contribution in [2.75, 3.05) is 0 Å². The molecule has 0 aromatic heterocycles. The van der Waals surface area contributed by atoms with Crippen molar-refractivity contribution >= 4 is 0 Å². The molecule has 0 saturated carbocycles. The molecule has 0 aliphatic carbocycles. The molecule has 0 aromatic rings. The molecule has 1 unspecified atom stereocenters. The van der Waals surface area contributed by atoms with Gasteiger partial charge in [-0.25, -0.2) is 0 Å². The van der Waals surface area contributed by atoms with Gasteiger partial charge in [0, 0.05) is 12.3 Å². The second kappa shape index (κ2) is 7.66. The number of rotatable bonds is 4. The highest BCUT2D eigenvalue weighted by Gasteiger charge is 2.00. The van der Waals surface area contributed by atoms with E-state index in [1.165, 1.54) is 12.8 Å². The highest BCUT2D eigenvalue weighted by molar-refractivity contribution is 5.03. The topological polar surface area (TPSA) is 0 Å². The molecular weight excluding hydrogens is 132 g/mol. The summed E-state index contributed by atoms with van der Waals surface area (Å²) in [6.45, 7) is 9.72. The summed E-state index contributed by atoms with van der Waals surface area (Å²) in [6.07, 6.45) is 5.30. The Morgan fingerprint density at radius 3 is 2.45 bits per heavy atom. The molecule has 2 radical (unpaired) electrons. The Balaban J connectivity index is 3.68. The SMILES string of the molecule is [CH2]CC#CC(CC[CH2])CCC. The molecule has 0 fully saturated rings. The summed E-state index contributed by atoms with van der Waals surface area (Å²) < 4.78 is 0. The van der Waals surface area contributed by atoms with Gasteiger partial charge in [0.15, 0.2) is 0 Å². The van der Waals surface area contributed by atoms with Crippen molar-refractivity contribution in [2.45, 2.75) is 39.0 Å². The van der Waals surface area contributed by atoms with Gasteiger partial charge >= 0.3 is 0 Å². The predicted octanol–water partition coefficient (Wildman–Crippen LogP) is 3.24. The van der Waals surface area contributed by atoms with Crippen LogP contribution in [-0.4, -0.2) is 0 Å². The fourth-order valence-electron chi connectivity index (χ4n) is 1.10. The predicted molar refractivity (Wildman–Crippen MR) is 50.7 cm³/mol. The van der Waals surface area contributed by atoms with Gasteiger partial charge in [0.1, 0.15) is 0 Å². The van der Waals surface area contributed by atoms with Crippen molar-refractivity contribution in [3.8, 4) is 11.8 Å². The summed E-state index contributed by atoms with van der Waals surface area (Å²) in [5.74, 6) is 6.82. The van der Waals surface area contributed by atoms with Crippen LogP contribution in [0.1, 0.15) is 39.0 Å². The van der Waals surface area contributed by atoms with Crippen molar-refractivity contribution in [3.05, 3.63) is 13.8 Å². The van der Waals surface area contributed by atoms with Gasteiger partial charge < -0.3 is 0 Å². The van der Waals surface area contributed by atoms with E-state index in [-0.39, 0.29) is 0 Å². The van der Waals surface area contributed by atoms with Crippen LogP contribution in [0, 0.1) is 31.6 Å². The first-order chi connectivity index (χ1) is 5.35. The van der Waals surface area contributed by atoms with Gasteiger partial charge in [0.25, 0.3) is 0 Å². The summed E-state index contributed by atoms with van der Waals surface area (Å²) in [5.41, 5.74) is 0. The van der Waals surface area contributed by atoms with Gasteiger partial charge in [-0.05, 0) is 19.8 Å². The molecule has 0 aromatic carbocycles. The van der Waals surface area contributed by atoms with E-state index in [1.807, 2.05) is 0 Å². The molecule has 1 atom stereocenters. The lowest BCUT2D eigenvalue weighted by Gasteiger charge is -2.05. The van der Waals surface area contributed by atoms with Gasteiger partial charge in [-0.1, -0.05) is 32.6 Å². The van der Waals surface area contributed by atoms with E-state index in [2.05, 4.69) is 32.6 Å². The van der Waals surface area contributed by atoms with Crippen molar-refractivity contribution < 1.29 is 0 Å². The first-order valence-electron chi connectivity index (χ1n) is 4.42. The third-order valence-corrected chi connectivity index (χ3v) is 1.62. The summed E-state index contributed by atoms with van der Waals surface area (Å²) in [4.78, 5) is 0. The average Bonchev–Trinajstić information content (AvgIpc) is 2.01. The van der Waals surface area contributed by atoms with Crippen LogP contribution in [0.25, 0.3) is 0 Å². The zero-order valence-corrected chi connectivity index (χ0v) is 7.53. The lowest BCUT2D eigenvalue weighted by atomic mass is 9.99. The zero-order chi connectivity index (χ0) is 8.53. The van der Waals surface area contributed by atoms with Crippen LogP contribution >= 0.6 is 0 Å². The normalized spacial score (nSPS) is 9.45. The highest BCUT2D eigenvalue weighted by Crippen LogP contribution is 2.11. The van der Waals surface area contributed by atoms with Gasteiger partial charge in [-0.2, -0.15) is 0 Å². The second-order valence-electron chi connectivity index (χ2n) is 2.70. The van der Waals surface area contributed by atoms with E-state index in [0.717, 1.165) is 19.3 Å². The second-order valence-corrected chi connectivity index (χ2v) is 2.70. The number of hydrogen-bond donors (Lipinski definition) is 0. The molecule has 0 heterocycles. The summed E-state index contributed by atoms with van der Waals surface area (Å²) >= 11 is 0. The Hall–Kier alpha value is -0.440.